The number of aliphatic hydroxyl groups excluding tert-OH is 1. The smallest absolute Gasteiger partial charge is 0.321 e. The van der Waals surface area contributed by atoms with Crippen LogP contribution in [0.25, 0.3) is 0 Å². The van der Waals surface area contributed by atoms with Crippen LogP contribution in [-0.4, -0.2) is 100 Å². The minimum Gasteiger partial charge on any atom is -0.411 e. The van der Waals surface area contributed by atoms with Crippen molar-refractivity contribution in [2.75, 3.05) is 26.2 Å². The number of sulfonamides is 1. The number of aliphatic hydroxyl groups is 1. The first-order valence-electron chi connectivity index (χ1n) is 18.0. The fraction of sp³-hybridized carbons (Fsp3) is 0.514. The molecule has 52 heavy (non-hydrogen) atoms. The van der Waals surface area contributed by atoms with Crippen LogP contribution in [0.4, 0.5) is 4.79 Å². The standard InChI is InChI=1S/C37H51N7O6S2/c1-3-26(2)35(44-18-17-42(37(44)47)23-30-25-51-34(20-38)40-30)36(46)41-32(19-27-9-5-4-6-10-27)33(45)24-43(22-29-11-7-8-12-29)52(49,50)31-15-13-28(14-16-31)21-39-48/h4-6,9-10,13-16,21,25-26,29,32-33,35,45,48H,3,7-8,11-12,17-20,22-24,38H2,1-2H3,(H,41,46)/t26-,32-,33-,35-/m0/s1. The Morgan fingerprint density at radius 3 is 2.50 bits per heavy atom. The number of urea groups is 1. The van der Waals surface area contributed by atoms with Gasteiger partial charge in [0.15, 0.2) is 0 Å². The summed E-state index contributed by atoms with van der Waals surface area (Å²) in [7, 11) is -4.05. The number of nitrogens with zero attached hydrogens (tertiary/aromatic N) is 5. The van der Waals surface area contributed by atoms with E-state index < -0.39 is 34.1 Å². The molecular formula is C37H51N7O6S2. The topological polar surface area (TPSA) is 182 Å². The van der Waals surface area contributed by atoms with Crippen LogP contribution in [0, 0.1) is 11.8 Å². The highest BCUT2D eigenvalue weighted by Crippen LogP contribution is 2.29. The second-order valence-corrected chi connectivity index (χ2v) is 16.7. The van der Waals surface area contributed by atoms with E-state index in [0.717, 1.165) is 41.9 Å². The van der Waals surface area contributed by atoms with Gasteiger partial charge in [-0.2, -0.15) is 4.31 Å². The van der Waals surface area contributed by atoms with Crippen molar-refractivity contribution in [2.24, 2.45) is 22.7 Å². The number of carbonyl (C=O) groups excluding carboxylic acids is 2. The van der Waals surface area contributed by atoms with Crippen molar-refractivity contribution < 1.29 is 28.3 Å². The summed E-state index contributed by atoms with van der Waals surface area (Å²) in [5, 5.41) is 29.6. The van der Waals surface area contributed by atoms with Gasteiger partial charge in [-0.1, -0.05) is 80.7 Å². The van der Waals surface area contributed by atoms with E-state index in [9.17, 15) is 23.1 Å². The monoisotopic (exact) mass is 753 g/mol. The predicted molar refractivity (Wildman–Crippen MR) is 200 cm³/mol. The van der Waals surface area contributed by atoms with Gasteiger partial charge in [0.2, 0.25) is 15.9 Å². The van der Waals surface area contributed by atoms with Gasteiger partial charge in [-0.05, 0) is 54.4 Å². The van der Waals surface area contributed by atoms with Crippen molar-refractivity contribution in [2.45, 2.75) is 88.5 Å². The van der Waals surface area contributed by atoms with Crippen molar-refractivity contribution >= 4 is 39.5 Å². The zero-order valence-corrected chi connectivity index (χ0v) is 31.5. The number of rotatable bonds is 18. The number of thiazole rings is 1. The quantitative estimate of drug-likeness (QED) is 0.0854. The summed E-state index contributed by atoms with van der Waals surface area (Å²) in [5.74, 6) is -0.440. The summed E-state index contributed by atoms with van der Waals surface area (Å²) in [5.41, 5.74) is 7.88. The summed E-state index contributed by atoms with van der Waals surface area (Å²) in [4.78, 5) is 35.9. The van der Waals surface area contributed by atoms with Crippen molar-refractivity contribution in [1.29, 1.82) is 0 Å². The maximum Gasteiger partial charge on any atom is 0.321 e. The Balaban J connectivity index is 1.39. The Morgan fingerprint density at radius 1 is 1.15 bits per heavy atom. The molecule has 3 amide bonds. The molecule has 2 fully saturated rings. The first-order chi connectivity index (χ1) is 25.0. The van der Waals surface area contributed by atoms with Crippen LogP contribution in [-0.2, 0) is 34.3 Å². The van der Waals surface area contributed by atoms with E-state index in [1.807, 2.05) is 49.6 Å². The van der Waals surface area contributed by atoms with Crippen molar-refractivity contribution in [3.63, 3.8) is 0 Å². The third-order valence-electron chi connectivity index (χ3n) is 10.2. The van der Waals surface area contributed by atoms with Gasteiger partial charge in [-0.3, -0.25) is 4.79 Å². The Kier molecular flexibility index (Phi) is 13.8. The van der Waals surface area contributed by atoms with Crippen LogP contribution >= 0.6 is 11.3 Å². The number of oxime groups is 1. The molecule has 1 aliphatic heterocycles. The summed E-state index contributed by atoms with van der Waals surface area (Å²) >= 11 is 1.45. The van der Waals surface area contributed by atoms with E-state index in [2.05, 4.69) is 15.5 Å². The van der Waals surface area contributed by atoms with Crippen LogP contribution in [0.15, 0.2) is 70.0 Å². The maximum atomic E-state index is 14.3. The molecule has 5 N–H and O–H groups in total. The SMILES string of the molecule is CC[C@H](C)[C@@H](C(=O)N[C@@H](Cc1ccccc1)[C@@H](O)CN(CC1CCCC1)S(=O)(=O)c1ccc(C=NO)cc1)N1CCN(Cc2csc(CN)n2)C1=O. The molecule has 0 spiro atoms. The first kappa shape index (κ1) is 39.3. The summed E-state index contributed by atoms with van der Waals surface area (Å²) in [6.07, 6.45) is 4.66. The predicted octanol–water partition coefficient (Wildman–Crippen LogP) is 4.03. The Morgan fingerprint density at radius 2 is 1.87 bits per heavy atom. The summed E-state index contributed by atoms with van der Waals surface area (Å²) in [6, 6.07) is 13.6. The van der Waals surface area contributed by atoms with Crippen molar-refractivity contribution in [3.05, 3.63) is 81.8 Å². The van der Waals surface area contributed by atoms with Crippen LogP contribution in [0.1, 0.15) is 67.8 Å². The Labute approximate surface area is 310 Å². The number of hydrogen-bond acceptors (Lipinski definition) is 10. The highest BCUT2D eigenvalue weighted by molar-refractivity contribution is 7.89. The van der Waals surface area contributed by atoms with Crippen LogP contribution in [0.2, 0.25) is 0 Å². The maximum absolute atomic E-state index is 14.3. The lowest BCUT2D eigenvalue weighted by Crippen LogP contribution is -2.57. The van der Waals surface area contributed by atoms with E-state index in [0.29, 0.717) is 38.2 Å². The summed E-state index contributed by atoms with van der Waals surface area (Å²) in [6.45, 7) is 5.35. The molecule has 1 saturated heterocycles. The molecule has 13 nitrogen and oxygen atoms in total. The third-order valence-corrected chi connectivity index (χ3v) is 12.9. The lowest BCUT2D eigenvalue weighted by atomic mass is 9.95. The van der Waals surface area contributed by atoms with E-state index in [-0.39, 0.29) is 42.3 Å². The molecule has 1 saturated carbocycles. The van der Waals surface area contributed by atoms with Crippen molar-refractivity contribution in [1.82, 2.24) is 24.4 Å². The lowest BCUT2D eigenvalue weighted by Gasteiger charge is -2.35. The zero-order valence-electron chi connectivity index (χ0n) is 29.9. The lowest BCUT2D eigenvalue weighted by molar-refractivity contribution is -0.128. The van der Waals surface area contributed by atoms with Gasteiger partial charge in [-0.15, -0.1) is 11.3 Å². The molecule has 5 rings (SSSR count). The molecule has 1 aliphatic carbocycles. The molecule has 3 aromatic rings. The Hall–Kier alpha value is -3.89. The molecule has 2 heterocycles. The second-order valence-electron chi connectivity index (χ2n) is 13.8. The van der Waals surface area contributed by atoms with Gasteiger partial charge < -0.3 is 31.2 Å². The fourth-order valence-electron chi connectivity index (χ4n) is 7.10. The van der Waals surface area contributed by atoms with E-state index in [4.69, 9.17) is 10.9 Å². The average molecular weight is 754 g/mol. The average Bonchev–Trinajstić information content (AvgIpc) is 3.91. The molecular weight excluding hydrogens is 703 g/mol. The number of benzene rings is 2. The molecule has 15 heteroatoms. The van der Waals surface area contributed by atoms with Crippen molar-refractivity contribution in [3.8, 4) is 0 Å². The highest BCUT2D eigenvalue weighted by Gasteiger charge is 2.41. The molecule has 2 aromatic carbocycles. The first-order valence-corrected chi connectivity index (χ1v) is 20.3. The van der Waals surface area contributed by atoms with E-state index >= 15 is 0 Å². The van der Waals surface area contributed by atoms with Gasteiger partial charge in [-0.25, -0.2) is 18.2 Å². The van der Waals surface area contributed by atoms with E-state index in [1.54, 1.807) is 21.9 Å². The minimum atomic E-state index is -4.05. The van der Waals surface area contributed by atoms with Crippen LogP contribution < -0.4 is 11.1 Å². The molecule has 0 unspecified atom stereocenters. The van der Waals surface area contributed by atoms with E-state index in [1.165, 1.54) is 34.0 Å². The van der Waals surface area contributed by atoms with Gasteiger partial charge in [0.1, 0.15) is 11.0 Å². The number of hydrogen-bond donors (Lipinski definition) is 4. The molecule has 0 bridgehead atoms. The van der Waals surface area contributed by atoms with Gasteiger partial charge in [0, 0.05) is 38.1 Å². The number of nitrogens with one attached hydrogen (secondary N) is 1. The zero-order chi connectivity index (χ0) is 37.3. The molecule has 0 radical (unpaired) electrons. The number of aromatic nitrogens is 1. The molecule has 1 aromatic heterocycles. The number of carbonyl (C=O) groups is 2. The number of nitrogens with two attached hydrogens (primary N) is 1. The van der Waals surface area contributed by atoms with Crippen LogP contribution in [0.5, 0.6) is 0 Å². The minimum absolute atomic E-state index is 0.0577. The van der Waals surface area contributed by atoms with Gasteiger partial charge in [0.25, 0.3) is 0 Å². The second kappa shape index (κ2) is 18.2. The fourth-order valence-corrected chi connectivity index (χ4v) is 9.30. The Bertz CT molecular complexity index is 1750. The molecule has 4 atom stereocenters. The van der Waals surface area contributed by atoms with Gasteiger partial charge in [0.05, 0.1) is 35.5 Å². The number of amides is 3. The third kappa shape index (κ3) is 9.75. The van der Waals surface area contributed by atoms with Crippen LogP contribution in [0.3, 0.4) is 0 Å². The highest BCUT2D eigenvalue weighted by atomic mass is 32.2. The van der Waals surface area contributed by atoms with Gasteiger partial charge >= 0.3 is 6.03 Å². The molecule has 2 aliphatic rings. The summed E-state index contributed by atoms with van der Waals surface area (Å²) < 4.78 is 29.6. The normalized spacial score (nSPS) is 18.0. The largest absolute Gasteiger partial charge is 0.411 e. The molecule has 282 valence electrons.